The number of aliphatic carboxylic acids is 2. The molecule has 14 nitrogen and oxygen atoms in total. The van der Waals surface area contributed by atoms with E-state index in [9.17, 15) is 49.4 Å². The third-order valence-electron chi connectivity index (χ3n) is 3.04. The van der Waals surface area contributed by atoms with Crippen LogP contribution in [0, 0.1) is 0 Å². The Hall–Kier alpha value is 0.820. The van der Waals surface area contributed by atoms with Crippen LogP contribution in [0.25, 0.3) is 0 Å². The van der Waals surface area contributed by atoms with E-state index in [1.807, 2.05) is 0 Å². The van der Waals surface area contributed by atoms with Crippen molar-refractivity contribution in [3.63, 3.8) is 0 Å². The maximum Gasteiger partial charge on any atom is 1.00 e. The Morgan fingerprint density at radius 1 is 0.714 bits per heavy atom. The summed E-state index contributed by atoms with van der Waals surface area (Å²) >= 11 is 0. The smallest absolute Gasteiger partial charge is 0.547 e. The summed E-state index contributed by atoms with van der Waals surface area (Å²) in [6.45, 7) is -2.31. The number of carboxylic acid groups (broad SMARTS) is 2. The molecule has 0 aromatic carbocycles. The second-order valence-corrected chi connectivity index (χ2v) is 6.67. The Morgan fingerprint density at radius 3 is 1.25 bits per heavy atom. The van der Waals surface area contributed by atoms with Gasteiger partial charge in [-0.05, 0) is 0 Å². The van der Waals surface area contributed by atoms with Crippen LogP contribution in [0.2, 0.25) is 0 Å². The van der Waals surface area contributed by atoms with Crippen LogP contribution < -0.4 is 69.3 Å². The summed E-state index contributed by atoms with van der Waals surface area (Å²) in [7, 11) is -6.48. The summed E-state index contributed by atoms with van der Waals surface area (Å²) in [6.07, 6.45) is -12.0. The second-order valence-electron chi connectivity index (χ2n) is 4.84. The van der Waals surface area contributed by atoms with Gasteiger partial charge in [0.1, 0.15) is 37.6 Å². The molecule has 8 atom stereocenters. The maximum atomic E-state index is 11.5. The number of hydrogen-bond acceptors (Lipinski definition) is 14. The minimum atomic E-state index is -3.24. The summed E-state index contributed by atoms with van der Waals surface area (Å²) in [4.78, 5) is 20.5. The van der Waals surface area contributed by atoms with Crippen molar-refractivity contribution in [2.75, 3.05) is 13.2 Å². The molecule has 0 saturated heterocycles. The van der Waals surface area contributed by atoms with Gasteiger partial charge in [-0.1, -0.05) is 0 Å². The van der Waals surface area contributed by atoms with E-state index in [0.29, 0.717) is 0 Å². The van der Waals surface area contributed by atoms with Crippen LogP contribution in [0.5, 0.6) is 0 Å². The first-order valence-corrected chi connectivity index (χ1v) is 8.89. The minimum absolute atomic E-state index is 0. The van der Waals surface area contributed by atoms with Gasteiger partial charge in [0.05, 0.1) is 11.9 Å². The van der Waals surface area contributed by atoms with Crippen molar-refractivity contribution in [2.24, 2.45) is 0 Å². The van der Waals surface area contributed by atoms with Gasteiger partial charge in [0.2, 0.25) is 0 Å². The standard InChI is InChI=1S/C10H14O14P2.2Na/c11-3(12)1-21-25(19)23-9-7(17)5(15)6(16)8(18)10(9)24-26(20)22-2-4(13)14;;/h5-10,15-18H,1-2H2;;/q;2*+1/t5-,6-,7+,8+,9-,10+;;/m1../s1. The Kier molecular flexibility index (Phi) is 16.3. The van der Waals surface area contributed by atoms with Gasteiger partial charge in [-0.15, -0.1) is 18.1 Å². The van der Waals surface area contributed by atoms with Crippen molar-refractivity contribution in [2.45, 2.75) is 36.6 Å². The molecule has 4 N–H and O–H groups in total. The fourth-order valence-corrected chi connectivity index (χ4v) is 3.33. The van der Waals surface area contributed by atoms with Gasteiger partial charge < -0.3 is 40.2 Å². The molecular weight excluding hydrogens is 452 g/mol. The fraction of sp³-hybridized carbons (Fsp3) is 0.800. The predicted octanol–water partition coefficient (Wildman–Crippen LogP) is -10.9. The van der Waals surface area contributed by atoms with Crippen LogP contribution in [0.4, 0.5) is 0 Å². The fourth-order valence-electron chi connectivity index (χ4n) is 1.90. The Balaban J connectivity index is 0. The molecule has 28 heavy (non-hydrogen) atoms. The number of aliphatic hydroxyl groups is 4. The minimum Gasteiger partial charge on any atom is -0.547 e. The summed E-state index contributed by atoms with van der Waals surface area (Å²) in [5.74, 6) is -3.49. The third-order valence-corrected chi connectivity index (χ3v) is 4.55. The average molecular weight is 466 g/mol. The van der Waals surface area contributed by atoms with E-state index in [0.717, 1.165) is 0 Å². The van der Waals surface area contributed by atoms with Crippen molar-refractivity contribution in [1.82, 2.24) is 0 Å². The van der Waals surface area contributed by atoms with Crippen LogP contribution in [0.3, 0.4) is 0 Å². The first kappa shape index (κ1) is 31.0. The zero-order valence-corrected chi connectivity index (χ0v) is 20.4. The number of carbonyl (C=O) groups excluding carboxylic acids is 2. The van der Waals surface area contributed by atoms with Gasteiger partial charge in [-0.3, -0.25) is 0 Å². The molecule has 1 rings (SSSR count). The van der Waals surface area contributed by atoms with Gasteiger partial charge in [0.15, 0.2) is 12.2 Å². The van der Waals surface area contributed by atoms with Crippen molar-refractivity contribution in [1.29, 1.82) is 0 Å². The van der Waals surface area contributed by atoms with Gasteiger partial charge in [-0.25, -0.2) is 0 Å². The summed E-state index contributed by atoms with van der Waals surface area (Å²) in [5.41, 5.74) is 0. The summed E-state index contributed by atoms with van der Waals surface area (Å²) < 4.78 is 40.8. The number of carbonyl (C=O) groups is 2. The quantitative estimate of drug-likeness (QED) is 0.173. The van der Waals surface area contributed by atoms with Gasteiger partial charge in [-0.2, -0.15) is 0 Å². The molecular formula is C10H14Na2O14P2+2. The molecule has 148 valence electrons. The number of carboxylic acids is 2. The molecule has 0 amide bonds. The first-order valence-electron chi connectivity index (χ1n) is 6.70. The van der Waals surface area contributed by atoms with Crippen molar-refractivity contribution >= 4 is 28.4 Å². The van der Waals surface area contributed by atoms with Crippen LogP contribution >= 0.6 is 16.5 Å². The number of hydrogen-bond donors (Lipinski definition) is 4. The van der Waals surface area contributed by atoms with E-state index in [1.54, 1.807) is 0 Å². The predicted molar refractivity (Wildman–Crippen MR) is 70.9 cm³/mol. The van der Waals surface area contributed by atoms with E-state index in [-0.39, 0.29) is 59.1 Å². The monoisotopic (exact) mass is 466 g/mol. The van der Waals surface area contributed by atoms with Crippen molar-refractivity contribution in [3.05, 3.63) is 0 Å². The summed E-state index contributed by atoms with van der Waals surface area (Å²) in [6, 6.07) is 0. The molecule has 0 aromatic rings. The van der Waals surface area contributed by atoms with E-state index < -0.39 is 78.3 Å². The molecule has 0 radical (unpaired) electrons. The van der Waals surface area contributed by atoms with E-state index in [4.69, 9.17) is 0 Å². The van der Waals surface area contributed by atoms with Gasteiger partial charge in [0, 0.05) is 9.13 Å². The van der Waals surface area contributed by atoms with Crippen molar-refractivity contribution < 1.29 is 127 Å². The molecule has 18 heteroatoms. The molecule has 0 heterocycles. The third kappa shape index (κ3) is 9.75. The largest absolute Gasteiger partial charge is 1.00 e. The topological polar surface area (TPSA) is 232 Å². The summed E-state index contributed by atoms with van der Waals surface area (Å²) in [5, 5.41) is 59.4. The zero-order valence-electron chi connectivity index (χ0n) is 14.6. The molecule has 1 aliphatic rings. The number of rotatable bonds is 10. The molecule has 0 spiro atoms. The van der Waals surface area contributed by atoms with Crippen molar-refractivity contribution in [3.8, 4) is 0 Å². The Labute approximate surface area is 203 Å². The molecule has 0 aromatic heterocycles. The first-order chi connectivity index (χ1) is 12.0. The number of aliphatic hydroxyl groups excluding tert-OH is 4. The van der Waals surface area contributed by atoms with Crippen LogP contribution in [0.1, 0.15) is 0 Å². The average Bonchev–Trinajstić information content (AvgIpc) is 2.57. The zero-order chi connectivity index (χ0) is 20.0. The van der Waals surface area contributed by atoms with Crippen LogP contribution in [-0.2, 0) is 36.8 Å². The van der Waals surface area contributed by atoms with Crippen LogP contribution in [0.15, 0.2) is 0 Å². The maximum absolute atomic E-state index is 11.5. The van der Waals surface area contributed by atoms with E-state index in [1.165, 1.54) is 0 Å². The molecule has 1 fully saturated rings. The van der Waals surface area contributed by atoms with Gasteiger partial charge in [0.25, 0.3) is 0 Å². The molecule has 0 aliphatic heterocycles. The Morgan fingerprint density at radius 2 is 1.00 bits per heavy atom. The Bertz CT molecular complexity index is 516. The molecule has 2 unspecified atom stereocenters. The van der Waals surface area contributed by atoms with Crippen LogP contribution in [-0.4, -0.2) is 82.2 Å². The normalized spacial score (nSPS) is 30.4. The van der Waals surface area contributed by atoms with E-state index in [2.05, 4.69) is 18.1 Å². The SMILES string of the molecule is O=C([O-])CO[P+](=O)O[C@@H]1[C@@H](O)[C@H](O)[C@@H](O)[C@H](O)[C@@H]1O[P+](=O)OCC(=O)[O-].[Na+].[Na+]. The van der Waals surface area contributed by atoms with E-state index >= 15 is 0 Å². The second kappa shape index (κ2) is 14.8. The molecule has 0 bridgehead atoms. The molecule has 1 aliphatic carbocycles. The van der Waals surface area contributed by atoms with Gasteiger partial charge >= 0.3 is 75.6 Å². The molecule has 1 saturated carbocycles.